The van der Waals surface area contributed by atoms with E-state index in [0.717, 1.165) is 11.3 Å². The summed E-state index contributed by atoms with van der Waals surface area (Å²) in [4.78, 5) is 4.38. The van der Waals surface area contributed by atoms with Crippen molar-refractivity contribution in [2.24, 2.45) is 4.99 Å². The Morgan fingerprint density at radius 1 is 1.21 bits per heavy atom. The third-order valence-electron chi connectivity index (χ3n) is 3.11. The lowest BCUT2D eigenvalue weighted by Crippen LogP contribution is -2.20. The predicted molar refractivity (Wildman–Crippen MR) is 73.3 cm³/mol. The van der Waals surface area contributed by atoms with Crippen LogP contribution in [0.4, 0.5) is 10.1 Å². The van der Waals surface area contributed by atoms with Gasteiger partial charge in [-0.3, -0.25) is 4.99 Å². The van der Waals surface area contributed by atoms with Crippen LogP contribution in [0.5, 0.6) is 5.75 Å². The molecule has 0 fully saturated rings. The summed E-state index contributed by atoms with van der Waals surface area (Å²) in [6, 6.07) is 12.6. The van der Waals surface area contributed by atoms with Crippen LogP contribution in [0, 0.1) is 5.82 Å². The largest absolute Gasteiger partial charge is 0.497 e. The SMILES string of the molecule is COc1ccc(C2=NCc3ccccc3N2)c(F)c1. The molecule has 1 aliphatic heterocycles. The van der Waals surface area contributed by atoms with Crippen LogP contribution in [0.1, 0.15) is 11.1 Å². The Hall–Kier alpha value is -2.36. The van der Waals surface area contributed by atoms with Crippen molar-refractivity contribution in [2.75, 3.05) is 12.4 Å². The number of para-hydroxylation sites is 1. The molecule has 4 heteroatoms. The molecule has 96 valence electrons. The van der Waals surface area contributed by atoms with Crippen molar-refractivity contribution in [3.05, 3.63) is 59.4 Å². The molecule has 0 amide bonds. The lowest BCUT2D eigenvalue weighted by atomic mass is 10.1. The van der Waals surface area contributed by atoms with Crippen LogP contribution >= 0.6 is 0 Å². The number of aliphatic imine (C=N–C) groups is 1. The van der Waals surface area contributed by atoms with Gasteiger partial charge in [0.05, 0.1) is 19.2 Å². The molecular weight excluding hydrogens is 243 g/mol. The molecule has 0 spiro atoms. The molecule has 19 heavy (non-hydrogen) atoms. The highest BCUT2D eigenvalue weighted by atomic mass is 19.1. The summed E-state index contributed by atoms with van der Waals surface area (Å²) in [6.07, 6.45) is 0. The van der Waals surface area contributed by atoms with Gasteiger partial charge in [-0.05, 0) is 23.8 Å². The van der Waals surface area contributed by atoms with Crippen molar-refractivity contribution in [3.63, 3.8) is 0 Å². The van der Waals surface area contributed by atoms with Crippen molar-refractivity contribution in [3.8, 4) is 5.75 Å². The fourth-order valence-electron chi connectivity index (χ4n) is 2.08. The molecule has 0 aromatic heterocycles. The van der Waals surface area contributed by atoms with Crippen molar-refractivity contribution in [1.29, 1.82) is 0 Å². The number of hydrogen-bond donors (Lipinski definition) is 1. The maximum atomic E-state index is 14.0. The quantitative estimate of drug-likeness (QED) is 0.895. The van der Waals surface area contributed by atoms with E-state index in [0.29, 0.717) is 23.7 Å². The highest BCUT2D eigenvalue weighted by Crippen LogP contribution is 2.24. The molecule has 0 aliphatic carbocycles. The van der Waals surface area contributed by atoms with Gasteiger partial charge < -0.3 is 10.1 Å². The number of hydrogen-bond acceptors (Lipinski definition) is 3. The molecule has 3 nitrogen and oxygen atoms in total. The van der Waals surface area contributed by atoms with Crippen LogP contribution in [0.2, 0.25) is 0 Å². The molecule has 2 aromatic carbocycles. The molecule has 1 N–H and O–H groups in total. The van der Waals surface area contributed by atoms with Crippen molar-refractivity contribution >= 4 is 11.5 Å². The maximum Gasteiger partial charge on any atom is 0.137 e. The molecule has 0 radical (unpaired) electrons. The maximum absolute atomic E-state index is 14.0. The lowest BCUT2D eigenvalue weighted by Gasteiger charge is -2.19. The first-order valence-electron chi connectivity index (χ1n) is 6.01. The van der Waals surface area contributed by atoms with Gasteiger partial charge in [0.25, 0.3) is 0 Å². The normalized spacial score (nSPS) is 13.3. The summed E-state index contributed by atoms with van der Waals surface area (Å²) in [7, 11) is 1.51. The zero-order valence-corrected chi connectivity index (χ0v) is 10.5. The summed E-state index contributed by atoms with van der Waals surface area (Å²) < 4.78 is 19.0. The van der Waals surface area contributed by atoms with E-state index in [1.165, 1.54) is 13.2 Å². The number of rotatable bonds is 2. The second-order valence-corrected chi connectivity index (χ2v) is 4.29. The van der Waals surface area contributed by atoms with E-state index in [1.807, 2.05) is 24.3 Å². The number of benzene rings is 2. The second-order valence-electron chi connectivity index (χ2n) is 4.29. The number of nitrogens with zero attached hydrogens (tertiary/aromatic N) is 1. The Morgan fingerprint density at radius 3 is 2.84 bits per heavy atom. The summed E-state index contributed by atoms with van der Waals surface area (Å²) in [5.74, 6) is 0.710. The van der Waals surface area contributed by atoms with E-state index in [9.17, 15) is 4.39 Å². The number of fused-ring (bicyclic) bond motifs is 1. The molecule has 3 rings (SSSR count). The fraction of sp³-hybridized carbons (Fsp3) is 0.133. The predicted octanol–water partition coefficient (Wildman–Crippen LogP) is 3.21. The third kappa shape index (κ3) is 2.17. The molecule has 0 atom stereocenters. The van der Waals surface area contributed by atoms with E-state index >= 15 is 0 Å². The summed E-state index contributed by atoms with van der Waals surface area (Å²) in [5.41, 5.74) is 2.54. The number of halogens is 1. The fourth-order valence-corrected chi connectivity index (χ4v) is 2.08. The molecule has 0 saturated carbocycles. The number of ether oxygens (including phenoxy) is 1. The van der Waals surface area contributed by atoms with Crippen LogP contribution in [0.15, 0.2) is 47.5 Å². The molecule has 2 aromatic rings. The summed E-state index contributed by atoms with van der Waals surface area (Å²) in [6.45, 7) is 0.559. The Kier molecular flexibility index (Phi) is 2.91. The first-order valence-corrected chi connectivity index (χ1v) is 6.01. The minimum absolute atomic E-state index is 0.343. The third-order valence-corrected chi connectivity index (χ3v) is 3.11. The number of nitrogens with one attached hydrogen (secondary N) is 1. The van der Waals surface area contributed by atoms with Gasteiger partial charge in [-0.25, -0.2) is 4.39 Å². The minimum Gasteiger partial charge on any atom is -0.497 e. The topological polar surface area (TPSA) is 33.6 Å². The van der Waals surface area contributed by atoms with Gasteiger partial charge in [0.15, 0.2) is 0 Å². The van der Waals surface area contributed by atoms with Gasteiger partial charge in [-0.1, -0.05) is 18.2 Å². The van der Waals surface area contributed by atoms with E-state index in [2.05, 4.69) is 10.3 Å². The van der Waals surface area contributed by atoms with Gasteiger partial charge in [0.1, 0.15) is 17.4 Å². The molecule has 0 saturated heterocycles. The van der Waals surface area contributed by atoms with E-state index in [-0.39, 0.29) is 5.82 Å². The number of methoxy groups -OCH3 is 1. The van der Waals surface area contributed by atoms with Crippen molar-refractivity contribution in [1.82, 2.24) is 0 Å². The zero-order chi connectivity index (χ0) is 13.2. The first-order chi connectivity index (χ1) is 9.28. The Balaban J connectivity index is 1.95. The monoisotopic (exact) mass is 256 g/mol. The van der Waals surface area contributed by atoms with E-state index in [4.69, 9.17) is 4.74 Å². The molecule has 1 aliphatic rings. The minimum atomic E-state index is -0.343. The molecular formula is C15H13FN2O. The summed E-state index contributed by atoms with van der Waals surface area (Å²) >= 11 is 0. The average Bonchev–Trinajstić information content (AvgIpc) is 2.46. The van der Waals surface area contributed by atoms with Crippen LogP contribution < -0.4 is 10.1 Å². The Bertz CT molecular complexity index is 652. The highest BCUT2D eigenvalue weighted by Gasteiger charge is 2.15. The number of anilines is 1. The van der Waals surface area contributed by atoms with Crippen molar-refractivity contribution in [2.45, 2.75) is 6.54 Å². The molecule has 0 bridgehead atoms. The molecule has 0 unspecified atom stereocenters. The summed E-state index contributed by atoms with van der Waals surface area (Å²) in [5, 5.41) is 3.16. The van der Waals surface area contributed by atoms with Crippen LogP contribution in [-0.4, -0.2) is 12.9 Å². The highest BCUT2D eigenvalue weighted by molar-refractivity contribution is 6.09. The van der Waals surface area contributed by atoms with Gasteiger partial charge in [-0.15, -0.1) is 0 Å². The van der Waals surface area contributed by atoms with Gasteiger partial charge >= 0.3 is 0 Å². The lowest BCUT2D eigenvalue weighted by molar-refractivity contribution is 0.411. The van der Waals surface area contributed by atoms with E-state index in [1.54, 1.807) is 12.1 Å². The van der Waals surface area contributed by atoms with Gasteiger partial charge in [0.2, 0.25) is 0 Å². The van der Waals surface area contributed by atoms with E-state index < -0.39 is 0 Å². The van der Waals surface area contributed by atoms with Crippen LogP contribution in [0.25, 0.3) is 0 Å². The molecule has 1 heterocycles. The first kappa shape index (κ1) is 11.7. The Labute approximate surface area is 110 Å². The van der Waals surface area contributed by atoms with Crippen LogP contribution in [-0.2, 0) is 6.54 Å². The Morgan fingerprint density at radius 2 is 2.05 bits per heavy atom. The zero-order valence-electron chi connectivity index (χ0n) is 10.5. The second kappa shape index (κ2) is 4.72. The van der Waals surface area contributed by atoms with Gasteiger partial charge in [0, 0.05) is 11.8 Å². The number of amidine groups is 1. The smallest absolute Gasteiger partial charge is 0.137 e. The average molecular weight is 256 g/mol. The van der Waals surface area contributed by atoms with Crippen LogP contribution in [0.3, 0.4) is 0 Å². The van der Waals surface area contributed by atoms with Gasteiger partial charge in [-0.2, -0.15) is 0 Å². The van der Waals surface area contributed by atoms with Crippen molar-refractivity contribution < 1.29 is 9.13 Å². The standard InChI is InChI=1S/C15H13FN2O/c1-19-11-6-7-12(13(16)8-11)15-17-9-10-4-2-3-5-14(10)18-15/h2-8H,9H2,1H3,(H,17,18).